The van der Waals surface area contributed by atoms with Gasteiger partial charge in [-0.25, -0.2) is 4.98 Å². The minimum Gasteiger partial charge on any atom is -0.497 e. The topological polar surface area (TPSA) is 80.3 Å². The maximum absolute atomic E-state index is 13.2. The van der Waals surface area contributed by atoms with Gasteiger partial charge in [0.15, 0.2) is 5.78 Å². The van der Waals surface area contributed by atoms with E-state index in [1.54, 1.807) is 55.8 Å². The number of aromatic nitrogens is 1. The number of methoxy groups -OCH3 is 1. The summed E-state index contributed by atoms with van der Waals surface area (Å²) >= 11 is 1.41. The van der Waals surface area contributed by atoms with Gasteiger partial charge in [0.2, 0.25) is 0 Å². The highest BCUT2D eigenvalue weighted by Crippen LogP contribution is 2.32. The predicted molar refractivity (Wildman–Crippen MR) is 137 cm³/mol. The van der Waals surface area contributed by atoms with E-state index in [1.165, 1.54) is 11.8 Å². The number of ketones is 1. The monoisotopic (exact) mass is 473 g/mol. The summed E-state index contributed by atoms with van der Waals surface area (Å²) in [6, 6.07) is 16.4. The van der Waals surface area contributed by atoms with Gasteiger partial charge in [-0.3, -0.25) is 9.59 Å². The van der Waals surface area contributed by atoms with Crippen LogP contribution in [0.5, 0.6) is 5.75 Å². The highest BCUT2D eigenvalue weighted by molar-refractivity contribution is 7.98. The number of anilines is 1. The quantitative estimate of drug-likeness (QED) is 0.291. The Morgan fingerprint density at radius 1 is 1.15 bits per heavy atom. The zero-order valence-corrected chi connectivity index (χ0v) is 20.5. The van der Waals surface area contributed by atoms with Gasteiger partial charge < -0.3 is 15.4 Å². The van der Waals surface area contributed by atoms with Gasteiger partial charge in [0.1, 0.15) is 10.8 Å². The molecule has 34 heavy (non-hydrogen) atoms. The number of rotatable bonds is 6. The lowest BCUT2D eigenvalue weighted by Crippen LogP contribution is -2.43. The van der Waals surface area contributed by atoms with E-state index in [-0.39, 0.29) is 17.2 Å². The predicted octanol–water partition coefficient (Wildman–Crippen LogP) is 5.21. The van der Waals surface area contributed by atoms with Crippen LogP contribution in [-0.4, -0.2) is 35.6 Å². The molecule has 1 aliphatic rings. The molecule has 3 aromatic rings. The largest absolute Gasteiger partial charge is 0.497 e. The van der Waals surface area contributed by atoms with E-state index >= 15 is 0 Å². The van der Waals surface area contributed by atoms with Crippen LogP contribution in [0.15, 0.2) is 71.9 Å². The number of nitrogens with zero attached hydrogens (tertiary/aromatic N) is 1. The van der Waals surface area contributed by atoms with E-state index < -0.39 is 0 Å². The summed E-state index contributed by atoms with van der Waals surface area (Å²) in [5.74, 6) is 0.316. The van der Waals surface area contributed by atoms with Crippen molar-refractivity contribution in [1.29, 1.82) is 0 Å². The van der Waals surface area contributed by atoms with Crippen LogP contribution in [0.25, 0.3) is 5.70 Å². The molecule has 0 bridgehead atoms. The Bertz CT molecular complexity index is 1280. The van der Waals surface area contributed by atoms with Gasteiger partial charge in [-0.2, -0.15) is 0 Å². The molecule has 1 aromatic heterocycles. The lowest BCUT2D eigenvalue weighted by atomic mass is 9.85. The first kappa shape index (κ1) is 23.6. The highest BCUT2D eigenvalue weighted by atomic mass is 32.2. The average molecular weight is 474 g/mol. The molecule has 174 valence electrons. The Morgan fingerprint density at radius 2 is 1.97 bits per heavy atom. The highest BCUT2D eigenvalue weighted by Gasteiger charge is 2.28. The van der Waals surface area contributed by atoms with Crippen molar-refractivity contribution in [2.24, 2.45) is 0 Å². The SMILES string of the molecule is COc1ccc2c(c1)C(=CC(=O)c1cccc(NC(=O)c3cccnc3SC)c1)NC(C)(C)C2. The summed E-state index contributed by atoms with van der Waals surface area (Å²) in [5.41, 5.74) is 4.20. The van der Waals surface area contributed by atoms with Gasteiger partial charge in [-0.1, -0.05) is 18.2 Å². The Labute approximate surface area is 203 Å². The summed E-state index contributed by atoms with van der Waals surface area (Å²) in [6.45, 7) is 4.21. The minimum absolute atomic E-state index is 0.156. The number of hydrogen-bond donors (Lipinski definition) is 2. The van der Waals surface area contributed by atoms with Gasteiger partial charge in [0.25, 0.3) is 5.91 Å². The second-order valence-corrected chi connectivity index (χ2v) is 9.52. The van der Waals surface area contributed by atoms with Crippen LogP contribution in [0.1, 0.15) is 45.7 Å². The number of carbonyl (C=O) groups excluding carboxylic acids is 2. The molecule has 4 rings (SSSR count). The van der Waals surface area contributed by atoms with E-state index in [2.05, 4.69) is 29.5 Å². The fraction of sp³-hybridized carbons (Fsp3) is 0.222. The van der Waals surface area contributed by atoms with E-state index in [9.17, 15) is 9.59 Å². The number of hydrogen-bond acceptors (Lipinski definition) is 6. The molecular weight excluding hydrogens is 446 g/mol. The Kier molecular flexibility index (Phi) is 6.75. The second-order valence-electron chi connectivity index (χ2n) is 8.73. The Morgan fingerprint density at radius 3 is 2.74 bits per heavy atom. The molecule has 2 heterocycles. The molecule has 2 N–H and O–H groups in total. The van der Waals surface area contributed by atoms with Crippen molar-refractivity contribution in [1.82, 2.24) is 10.3 Å². The van der Waals surface area contributed by atoms with Gasteiger partial charge >= 0.3 is 0 Å². The van der Waals surface area contributed by atoms with Gasteiger partial charge in [0.05, 0.1) is 12.7 Å². The van der Waals surface area contributed by atoms with Gasteiger partial charge in [-0.15, -0.1) is 11.8 Å². The average Bonchev–Trinajstić information content (AvgIpc) is 2.83. The molecule has 2 aromatic carbocycles. The fourth-order valence-corrected chi connectivity index (χ4v) is 4.59. The van der Waals surface area contributed by atoms with Crippen molar-refractivity contribution in [2.45, 2.75) is 30.8 Å². The molecule has 1 aliphatic heterocycles. The Hall–Kier alpha value is -3.58. The van der Waals surface area contributed by atoms with E-state index in [4.69, 9.17) is 4.74 Å². The van der Waals surface area contributed by atoms with Crippen LogP contribution in [0.3, 0.4) is 0 Å². The first-order chi connectivity index (χ1) is 16.3. The summed E-state index contributed by atoms with van der Waals surface area (Å²) < 4.78 is 5.39. The lowest BCUT2D eigenvalue weighted by molar-refractivity contribution is 0.101. The maximum atomic E-state index is 13.2. The fourth-order valence-electron chi connectivity index (χ4n) is 4.04. The minimum atomic E-state index is -0.267. The third-order valence-electron chi connectivity index (χ3n) is 5.60. The molecule has 1 amide bonds. The van der Waals surface area contributed by atoms with Crippen LogP contribution >= 0.6 is 11.8 Å². The third kappa shape index (κ3) is 5.15. The maximum Gasteiger partial charge on any atom is 0.258 e. The molecular formula is C27H27N3O3S. The van der Waals surface area contributed by atoms with Gasteiger partial charge in [0, 0.05) is 40.3 Å². The van der Waals surface area contributed by atoms with Crippen LogP contribution in [-0.2, 0) is 6.42 Å². The standard InChI is InChI=1S/C27H27N3O3S/c1-27(2)16-18-10-11-20(33-3)14-22(18)23(30-27)15-24(31)17-7-5-8-19(13-17)29-25(32)21-9-6-12-28-26(21)34-4/h5-15,30H,16H2,1-4H3,(H,29,32). The number of carbonyl (C=O) groups is 2. The molecule has 0 saturated heterocycles. The van der Waals surface area contributed by atoms with Crippen molar-refractivity contribution in [3.8, 4) is 5.75 Å². The second kappa shape index (κ2) is 9.73. The molecule has 0 unspecified atom stereocenters. The molecule has 0 radical (unpaired) electrons. The van der Waals surface area contributed by atoms with Crippen molar-refractivity contribution in [3.63, 3.8) is 0 Å². The van der Waals surface area contributed by atoms with Crippen LogP contribution in [0, 0.1) is 0 Å². The van der Waals surface area contributed by atoms with Crippen LogP contribution in [0.2, 0.25) is 0 Å². The molecule has 7 heteroatoms. The summed E-state index contributed by atoms with van der Waals surface area (Å²) in [7, 11) is 1.63. The van der Waals surface area contributed by atoms with Crippen LogP contribution < -0.4 is 15.4 Å². The number of benzene rings is 2. The molecule has 0 spiro atoms. The van der Waals surface area contributed by atoms with E-state index in [0.717, 1.165) is 29.0 Å². The first-order valence-electron chi connectivity index (χ1n) is 10.9. The number of pyridine rings is 1. The molecule has 0 saturated carbocycles. The molecule has 0 atom stereocenters. The molecule has 0 fully saturated rings. The van der Waals surface area contributed by atoms with E-state index in [0.29, 0.717) is 21.8 Å². The zero-order valence-electron chi connectivity index (χ0n) is 19.6. The van der Waals surface area contributed by atoms with Crippen molar-refractivity contribution in [2.75, 3.05) is 18.7 Å². The number of nitrogens with one attached hydrogen (secondary N) is 2. The summed E-state index contributed by atoms with van der Waals surface area (Å²) in [4.78, 5) is 30.2. The Balaban J connectivity index is 1.61. The summed E-state index contributed by atoms with van der Waals surface area (Å²) in [5, 5.41) is 7.02. The van der Waals surface area contributed by atoms with Gasteiger partial charge in [-0.05, 0) is 68.5 Å². The number of fused-ring (bicyclic) bond motifs is 1. The zero-order chi connectivity index (χ0) is 24.3. The molecule has 6 nitrogen and oxygen atoms in total. The first-order valence-corrected chi connectivity index (χ1v) is 12.1. The summed E-state index contributed by atoms with van der Waals surface area (Å²) in [6.07, 6.45) is 5.99. The van der Waals surface area contributed by atoms with Crippen molar-refractivity contribution < 1.29 is 14.3 Å². The lowest BCUT2D eigenvalue weighted by Gasteiger charge is -2.35. The number of allylic oxidation sites excluding steroid dienone is 1. The van der Waals surface area contributed by atoms with Crippen molar-refractivity contribution >= 4 is 34.8 Å². The van der Waals surface area contributed by atoms with E-state index in [1.807, 2.05) is 24.5 Å². The number of amides is 1. The van der Waals surface area contributed by atoms with Crippen molar-refractivity contribution in [3.05, 3.63) is 89.1 Å². The number of ether oxygens (including phenoxy) is 1. The smallest absolute Gasteiger partial charge is 0.258 e. The third-order valence-corrected chi connectivity index (χ3v) is 6.31. The van der Waals surface area contributed by atoms with Crippen LogP contribution in [0.4, 0.5) is 5.69 Å². The normalized spacial score (nSPS) is 15.2. The molecule has 0 aliphatic carbocycles. The number of thioether (sulfide) groups is 1.